The Bertz CT molecular complexity index is 2910. The van der Waals surface area contributed by atoms with Crippen LogP contribution in [0.3, 0.4) is 0 Å². The number of para-hydroxylation sites is 2. The summed E-state index contributed by atoms with van der Waals surface area (Å²) in [6.45, 7) is 17.1. The molecule has 4 aromatic heterocycles. The van der Waals surface area contributed by atoms with Gasteiger partial charge in [-0.2, -0.15) is 0 Å². The number of benzene rings is 5. The first-order valence-corrected chi connectivity index (χ1v) is 21.6. The largest absolute Gasteiger partial charge is 0.512 e. The van der Waals surface area contributed by atoms with Crippen molar-refractivity contribution < 1.29 is 30.0 Å². The van der Waals surface area contributed by atoms with Crippen LogP contribution in [0, 0.1) is 24.8 Å². The van der Waals surface area contributed by atoms with Crippen molar-refractivity contribution in [3.05, 3.63) is 126 Å². The van der Waals surface area contributed by atoms with E-state index in [1.165, 1.54) is 71.1 Å². The van der Waals surface area contributed by atoms with E-state index in [1.807, 2.05) is 27.7 Å². The third kappa shape index (κ3) is 7.47. The van der Waals surface area contributed by atoms with Crippen LogP contribution >= 0.6 is 11.3 Å². The van der Waals surface area contributed by atoms with Crippen molar-refractivity contribution in [1.82, 2.24) is 14.4 Å². The fourth-order valence-corrected chi connectivity index (χ4v) is 10.0. The summed E-state index contributed by atoms with van der Waals surface area (Å²) < 4.78 is 3.54. The van der Waals surface area contributed by atoms with Gasteiger partial charge in [-0.05, 0) is 67.9 Å². The van der Waals surface area contributed by atoms with Gasteiger partial charge in [0.05, 0.1) is 27.8 Å². The summed E-state index contributed by atoms with van der Waals surface area (Å²) in [5.41, 5.74) is 10.5. The summed E-state index contributed by atoms with van der Waals surface area (Å²) in [7, 11) is 0. The second-order valence-electron chi connectivity index (χ2n) is 16.6. The van der Waals surface area contributed by atoms with Gasteiger partial charge in [0.1, 0.15) is 6.33 Å². The number of fused-ring (bicyclic) bond motifs is 8. The van der Waals surface area contributed by atoms with Crippen LogP contribution in [0.15, 0.2) is 109 Å². The van der Waals surface area contributed by atoms with Crippen LogP contribution in [0.4, 0.5) is 0 Å². The number of carbonyl (C=O) groups is 1. The number of thiophene rings is 1. The van der Waals surface area contributed by atoms with E-state index in [9.17, 15) is 9.90 Å². The van der Waals surface area contributed by atoms with Gasteiger partial charge in [-0.25, -0.2) is 4.98 Å². The number of aromatic nitrogens is 3. The molecule has 0 amide bonds. The molecular formula is C52H52IrN3O2S-. The Labute approximate surface area is 364 Å². The van der Waals surface area contributed by atoms with Crippen molar-refractivity contribution in [2.75, 3.05) is 0 Å². The maximum absolute atomic E-state index is 11.7. The first-order chi connectivity index (χ1) is 28.0. The predicted molar refractivity (Wildman–Crippen MR) is 247 cm³/mol. The van der Waals surface area contributed by atoms with Crippen molar-refractivity contribution in [2.45, 2.75) is 86.5 Å². The molecule has 4 heterocycles. The van der Waals surface area contributed by atoms with Gasteiger partial charge in [-0.15, -0.1) is 40.5 Å². The fraction of sp³-hybridized carbons (Fsp3) is 0.288. The summed E-state index contributed by atoms with van der Waals surface area (Å²) in [5, 5.41) is 17.3. The van der Waals surface area contributed by atoms with Crippen molar-refractivity contribution >= 4 is 76.2 Å². The Morgan fingerprint density at radius 2 is 1.34 bits per heavy atom. The van der Waals surface area contributed by atoms with Gasteiger partial charge in [0.25, 0.3) is 0 Å². The van der Waals surface area contributed by atoms with E-state index in [2.05, 4.69) is 129 Å². The van der Waals surface area contributed by atoms with Gasteiger partial charge in [0.2, 0.25) is 0 Å². The second-order valence-corrected chi connectivity index (χ2v) is 17.8. The summed E-state index contributed by atoms with van der Waals surface area (Å²) in [6, 6.07) is 36.8. The molecule has 0 bridgehead atoms. The summed E-state index contributed by atoms with van der Waals surface area (Å²) in [6.07, 6.45) is 6.63. The first kappa shape index (κ1) is 42.2. The Morgan fingerprint density at radius 1 is 0.780 bits per heavy atom. The zero-order valence-corrected chi connectivity index (χ0v) is 38.4. The maximum Gasteiger partial charge on any atom is 0.162 e. The molecule has 59 heavy (non-hydrogen) atoms. The van der Waals surface area contributed by atoms with Gasteiger partial charge in [-0.3, -0.25) is 9.78 Å². The molecule has 0 unspecified atom stereocenters. The Kier molecular flexibility index (Phi) is 12.1. The van der Waals surface area contributed by atoms with Crippen molar-refractivity contribution in [3.8, 4) is 22.4 Å². The number of nitrogens with zero attached hydrogens (tertiary/aromatic N) is 3. The molecule has 303 valence electrons. The Morgan fingerprint density at radius 3 is 1.92 bits per heavy atom. The zero-order chi connectivity index (χ0) is 40.9. The Balaban J connectivity index is 0.000000285. The third-order valence-corrected chi connectivity index (χ3v) is 13.2. The van der Waals surface area contributed by atoms with Crippen LogP contribution in [-0.4, -0.2) is 25.3 Å². The van der Waals surface area contributed by atoms with Crippen LogP contribution in [0.25, 0.3) is 81.5 Å². The molecule has 0 aliphatic heterocycles. The molecule has 1 radical (unpaired) electrons. The standard InChI is InChI=1S/C39H28N3S.C13H24O2.Ir/c1-22-34(24-18-29-27-13-7-9-15-32(27)42-33-16-10-8-14-28(33)30(19-24)37(29)42)36-38(43-22)35(40-21-41-36)25-17-23-11-5-6-12-26(23)31(20-25)39(2,3)4;1-5-10(6-2)12(14)9-13(15)11(7-3)8-4;/h5-16,18-21H,1-4H3;9-11,14H,5-8H2,1-4H3;/q-1;;/b;12-9-;. The quantitative estimate of drug-likeness (QED) is 0.0889. The van der Waals surface area contributed by atoms with E-state index < -0.39 is 0 Å². The minimum absolute atomic E-state index is 0. The maximum atomic E-state index is 11.7. The summed E-state index contributed by atoms with van der Waals surface area (Å²) >= 11 is 1.79. The first-order valence-electron chi connectivity index (χ1n) is 20.8. The molecule has 5 aromatic carbocycles. The van der Waals surface area contributed by atoms with E-state index in [4.69, 9.17) is 9.97 Å². The molecule has 1 N–H and O–H groups in total. The summed E-state index contributed by atoms with van der Waals surface area (Å²) in [5.74, 6) is 0.547. The normalized spacial score (nSPS) is 12.4. The van der Waals surface area contributed by atoms with E-state index in [0.717, 1.165) is 52.5 Å². The van der Waals surface area contributed by atoms with Gasteiger partial charge >= 0.3 is 0 Å². The third-order valence-electron chi connectivity index (χ3n) is 12.1. The number of aliphatic hydroxyl groups is 1. The molecular weight excluding hydrogens is 923 g/mol. The molecule has 7 heteroatoms. The van der Waals surface area contributed by atoms with Crippen molar-refractivity contribution in [2.24, 2.45) is 11.8 Å². The average Bonchev–Trinajstić information content (AvgIpc) is 3.86. The molecule has 9 aromatic rings. The fourth-order valence-electron chi connectivity index (χ4n) is 8.90. The van der Waals surface area contributed by atoms with E-state index in [1.54, 1.807) is 17.7 Å². The SMILES string of the molecule is CCC(CC)C(=O)/C=C(\O)C(CC)CC.Cc1sc2c(-c3[c-]c4ccccc4c(C(C)(C)C)c3)ncnc2c1-c1cc2c3ccccc3n3c4ccccc4c(c1)c23.[Ir]. The predicted octanol–water partition coefficient (Wildman–Crippen LogP) is 14.6. The minimum Gasteiger partial charge on any atom is -0.512 e. The molecule has 0 aliphatic carbocycles. The number of rotatable bonds is 9. The molecule has 0 atom stereocenters. The number of allylic oxidation sites excluding steroid dienone is 2. The van der Waals surface area contributed by atoms with Crippen LogP contribution in [0.2, 0.25) is 0 Å². The number of aryl methyl sites for hydroxylation is 1. The number of ketones is 1. The van der Waals surface area contributed by atoms with E-state index in [0.29, 0.717) is 0 Å². The zero-order valence-electron chi connectivity index (χ0n) is 35.2. The van der Waals surface area contributed by atoms with Crippen LogP contribution < -0.4 is 0 Å². The van der Waals surface area contributed by atoms with Crippen molar-refractivity contribution in [1.29, 1.82) is 0 Å². The molecule has 0 aliphatic rings. The minimum atomic E-state index is -0.0142. The Hall–Kier alpha value is -4.94. The molecule has 0 spiro atoms. The van der Waals surface area contributed by atoms with Gasteiger partial charge in [-0.1, -0.05) is 114 Å². The van der Waals surface area contributed by atoms with Gasteiger partial charge < -0.3 is 9.51 Å². The molecule has 9 rings (SSSR count). The molecule has 5 nitrogen and oxygen atoms in total. The van der Waals surface area contributed by atoms with Gasteiger partial charge in [0, 0.05) is 80.4 Å². The number of carbonyl (C=O) groups excluding carboxylic acids is 1. The van der Waals surface area contributed by atoms with Crippen LogP contribution in [0.5, 0.6) is 0 Å². The number of aliphatic hydroxyl groups excluding tert-OH is 1. The monoisotopic (exact) mass is 975 g/mol. The van der Waals surface area contributed by atoms with Crippen LogP contribution in [-0.2, 0) is 30.3 Å². The van der Waals surface area contributed by atoms with Gasteiger partial charge in [0.15, 0.2) is 5.78 Å². The van der Waals surface area contributed by atoms with E-state index in [-0.39, 0.29) is 48.9 Å². The molecule has 0 fully saturated rings. The number of hydrogen-bond acceptors (Lipinski definition) is 5. The molecule has 0 saturated heterocycles. The van der Waals surface area contributed by atoms with Crippen molar-refractivity contribution in [3.63, 3.8) is 0 Å². The molecule has 0 saturated carbocycles. The van der Waals surface area contributed by atoms with Crippen LogP contribution in [0.1, 0.15) is 84.6 Å². The van der Waals surface area contributed by atoms with E-state index >= 15 is 0 Å². The summed E-state index contributed by atoms with van der Waals surface area (Å²) in [4.78, 5) is 22.8. The smallest absolute Gasteiger partial charge is 0.162 e. The average molecular weight is 975 g/mol. The second kappa shape index (κ2) is 17.0. The topological polar surface area (TPSA) is 67.5 Å². The number of hydrogen-bond donors (Lipinski definition) is 1.